The molecule has 0 bridgehead atoms. The Morgan fingerprint density at radius 1 is 1.26 bits per heavy atom. The molecule has 3 saturated heterocycles. The van der Waals surface area contributed by atoms with Gasteiger partial charge in [0.05, 0.1) is 5.69 Å². The topological polar surface area (TPSA) is 78.8 Å². The number of amides is 4. The Balaban J connectivity index is 1.37. The van der Waals surface area contributed by atoms with E-state index in [4.69, 9.17) is 0 Å². The van der Waals surface area contributed by atoms with Crippen LogP contribution in [0.15, 0.2) is 6.07 Å². The van der Waals surface area contributed by atoms with Crippen LogP contribution in [0.5, 0.6) is 0 Å². The van der Waals surface area contributed by atoms with Crippen molar-refractivity contribution < 1.29 is 14.4 Å². The predicted octanol–water partition coefficient (Wildman–Crippen LogP) is 1.17. The number of nitrogens with zero attached hydrogens (tertiary/aromatic N) is 5. The molecule has 3 aliphatic heterocycles. The Hall–Kier alpha value is -2.38. The second-order valence-electron chi connectivity index (χ2n) is 8.18. The number of hydrogen-bond donors (Lipinski definition) is 0. The number of piperidine rings is 1. The van der Waals surface area contributed by atoms with Crippen LogP contribution in [0.2, 0.25) is 0 Å². The third-order valence-electron chi connectivity index (χ3n) is 6.42. The molecule has 0 aliphatic carbocycles. The van der Waals surface area contributed by atoms with Crippen LogP contribution < -0.4 is 0 Å². The van der Waals surface area contributed by atoms with Gasteiger partial charge in [-0.05, 0) is 51.5 Å². The van der Waals surface area contributed by atoms with E-state index in [-0.39, 0.29) is 35.8 Å². The number of aromatic nitrogens is 2. The van der Waals surface area contributed by atoms with E-state index in [1.165, 1.54) is 4.90 Å². The van der Waals surface area contributed by atoms with Gasteiger partial charge in [0.15, 0.2) is 0 Å². The summed E-state index contributed by atoms with van der Waals surface area (Å²) in [5.74, 6) is 0.0290. The Morgan fingerprint density at radius 2 is 1.96 bits per heavy atom. The molecule has 27 heavy (non-hydrogen) atoms. The minimum atomic E-state index is -0.297. The van der Waals surface area contributed by atoms with Gasteiger partial charge in [-0.25, -0.2) is 4.79 Å². The molecule has 4 rings (SSSR count). The van der Waals surface area contributed by atoms with Crippen LogP contribution in [-0.4, -0.2) is 74.5 Å². The van der Waals surface area contributed by atoms with E-state index in [0.29, 0.717) is 26.2 Å². The first-order valence-electron chi connectivity index (χ1n) is 9.74. The van der Waals surface area contributed by atoms with Crippen molar-refractivity contribution in [2.24, 2.45) is 5.41 Å². The zero-order valence-corrected chi connectivity index (χ0v) is 16.3. The van der Waals surface area contributed by atoms with E-state index < -0.39 is 0 Å². The number of rotatable bonds is 3. The molecule has 1 aromatic rings. The van der Waals surface area contributed by atoms with Gasteiger partial charge in [-0.15, -0.1) is 0 Å². The van der Waals surface area contributed by atoms with E-state index in [0.717, 1.165) is 30.7 Å². The summed E-state index contributed by atoms with van der Waals surface area (Å²) >= 11 is 0. The Kier molecular flexibility index (Phi) is 4.24. The molecule has 8 heteroatoms. The maximum absolute atomic E-state index is 12.7. The fraction of sp³-hybridized carbons (Fsp3) is 0.684. The first kappa shape index (κ1) is 18.0. The van der Waals surface area contributed by atoms with E-state index in [9.17, 15) is 14.4 Å². The largest absolute Gasteiger partial charge is 0.341 e. The van der Waals surface area contributed by atoms with E-state index in [1.807, 2.05) is 31.7 Å². The fourth-order valence-corrected chi connectivity index (χ4v) is 4.85. The van der Waals surface area contributed by atoms with Crippen molar-refractivity contribution >= 4 is 17.8 Å². The zero-order chi connectivity index (χ0) is 19.3. The number of carbonyl (C=O) groups is 3. The summed E-state index contributed by atoms with van der Waals surface area (Å²) in [6.45, 7) is 8.41. The third-order valence-corrected chi connectivity index (χ3v) is 6.42. The number of aryl methyl sites for hydroxylation is 2. The molecule has 0 N–H and O–H groups in total. The number of fused-ring (bicyclic) bond motifs is 1. The molecule has 0 aromatic carbocycles. The van der Waals surface area contributed by atoms with Crippen molar-refractivity contribution in [3.05, 3.63) is 17.5 Å². The van der Waals surface area contributed by atoms with Gasteiger partial charge < -0.3 is 9.80 Å². The first-order valence-corrected chi connectivity index (χ1v) is 9.74. The fourth-order valence-electron chi connectivity index (χ4n) is 4.85. The second kappa shape index (κ2) is 6.35. The van der Waals surface area contributed by atoms with Crippen LogP contribution in [0.3, 0.4) is 0 Å². The average molecular weight is 373 g/mol. The molecule has 1 spiro atoms. The standard InChI is InChI=1S/C19H27N5O3/c1-4-22-17(26)15-10-19(12-23(15)18(22)27)5-7-21(8-6-19)16(25)11-24-14(3)9-13(2)20-24/h9,15H,4-8,10-12H2,1-3H3. The molecule has 1 unspecified atom stereocenters. The molecule has 0 saturated carbocycles. The third kappa shape index (κ3) is 2.91. The first-order chi connectivity index (χ1) is 12.8. The summed E-state index contributed by atoms with van der Waals surface area (Å²) < 4.78 is 1.75. The molecule has 1 atom stereocenters. The Labute approximate surface area is 159 Å². The highest BCUT2D eigenvalue weighted by Gasteiger charge is 2.56. The maximum atomic E-state index is 12.7. The highest BCUT2D eigenvalue weighted by molar-refractivity contribution is 6.04. The van der Waals surface area contributed by atoms with Gasteiger partial charge in [0.2, 0.25) is 5.91 Å². The van der Waals surface area contributed by atoms with Crippen molar-refractivity contribution in [1.82, 2.24) is 24.5 Å². The average Bonchev–Trinajstić information content (AvgIpc) is 3.22. The number of hydrogen-bond acceptors (Lipinski definition) is 4. The summed E-state index contributed by atoms with van der Waals surface area (Å²) in [5, 5.41) is 4.37. The summed E-state index contributed by atoms with van der Waals surface area (Å²) in [6, 6.07) is 1.53. The highest BCUT2D eigenvalue weighted by atomic mass is 16.2. The second-order valence-corrected chi connectivity index (χ2v) is 8.18. The van der Waals surface area contributed by atoms with Crippen LogP contribution in [0.25, 0.3) is 0 Å². The number of imide groups is 1. The summed E-state index contributed by atoms with van der Waals surface area (Å²) in [7, 11) is 0. The minimum absolute atomic E-state index is 0.0230. The lowest BCUT2D eigenvalue weighted by atomic mass is 9.76. The highest BCUT2D eigenvalue weighted by Crippen LogP contribution is 2.46. The zero-order valence-electron chi connectivity index (χ0n) is 16.3. The van der Waals surface area contributed by atoms with Crippen LogP contribution in [-0.2, 0) is 16.1 Å². The lowest BCUT2D eigenvalue weighted by molar-refractivity contribution is -0.134. The lowest BCUT2D eigenvalue weighted by Crippen LogP contribution is -2.46. The van der Waals surface area contributed by atoms with Gasteiger partial charge in [-0.1, -0.05) is 0 Å². The monoisotopic (exact) mass is 373 g/mol. The molecule has 146 valence electrons. The molecule has 8 nitrogen and oxygen atoms in total. The van der Waals surface area contributed by atoms with Crippen molar-refractivity contribution in [2.45, 2.75) is 52.6 Å². The van der Waals surface area contributed by atoms with Crippen LogP contribution >= 0.6 is 0 Å². The van der Waals surface area contributed by atoms with Crippen molar-refractivity contribution in [3.8, 4) is 0 Å². The van der Waals surface area contributed by atoms with Gasteiger partial charge in [-0.3, -0.25) is 19.2 Å². The number of carbonyl (C=O) groups excluding carboxylic acids is 3. The van der Waals surface area contributed by atoms with Gasteiger partial charge in [0, 0.05) is 31.9 Å². The van der Waals surface area contributed by atoms with Gasteiger partial charge in [-0.2, -0.15) is 5.10 Å². The summed E-state index contributed by atoms with van der Waals surface area (Å²) in [4.78, 5) is 42.5. The molecular weight excluding hydrogens is 346 g/mol. The quantitative estimate of drug-likeness (QED) is 0.745. The van der Waals surface area contributed by atoms with Crippen molar-refractivity contribution in [2.75, 3.05) is 26.2 Å². The van der Waals surface area contributed by atoms with E-state index in [2.05, 4.69) is 5.10 Å². The van der Waals surface area contributed by atoms with E-state index in [1.54, 1.807) is 9.58 Å². The maximum Gasteiger partial charge on any atom is 0.327 e. The number of likely N-dealkylation sites (tertiary alicyclic amines) is 1. The Morgan fingerprint density at radius 3 is 2.52 bits per heavy atom. The minimum Gasteiger partial charge on any atom is -0.341 e. The summed E-state index contributed by atoms with van der Waals surface area (Å²) in [6.07, 6.45) is 2.42. The molecule has 4 heterocycles. The van der Waals surface area contributed by atoms with Crippen molar-refractivity contribution in [1.29, 1.82) is 0 Å². The predicted molar refractivity (Wildman–Crippen MR) is 97.8 cm³/mol. The van der Waals surface area contributed by atoms with Crippen LogP contribution in [0, 0.1) is 19.3 Å². The molecule has 4 amide bonds. The summed E-state index contributed by atoms with van der Waals surface area (Å²) in [5.41, 5.74) is 1.88. The smallest absolute Gasteiger partial charge is 0.327 e. The molecule has 3 fully saturated rings. The number of urea groups is 1. The van der Waals surface area contributed by atoms with Crippen molar-refractivity contribution in [3.63, 3.8) is 0 Å². The molecule has 1 aromatic heterocycles. The SMILES string of the molecule is CCN1C(=O)C2CC3(CCN(C(=O)Cn4nc(C)cc4C)CC3)CN2C1=O. The van der Waals surface area contributed by atoms with Gasteiger partial charge in [0.25, 0.3) is 5.91 Å². The normalized spacial score (nSPS) is 24.3. The van der Waals surface area contributed by atoms with Gasteiger partial charge in [0.1, 0.15) is 12.6 Å². The van der Waals surface area contributed by atoms with E-state index >= 15 is 0 Å². The van der Waals surface area contributed by atoms with Crippen LogP contribution in [0.1, 0.15) is 37.6 Å². The van der Waals surface area contributed by atoms with Crippen LogP contribution in [0.4, 0.5) is 4.79 Å². The molecular formula is C19H27N5O3. The van der Waals surface area contributed by atoms with Gasteiger partial charge >= 0.3 is 6.03 Å². The number of likely N-dealkylation sites (N-methyl/N-ethyl adjacent to an activating group) is 1. The lowest BCUT2D eigenvalue weighted by Gasteiger charge is -2.39. The molecule has 0 radical (unpaired) electrons. The Bertz CT molecular complexity index is 767. The molecule has 3 aliphatic rings.